The summed E-state index contributed by atoms with van der Waals surface area (Å²) in [5.41, 5.74) is 21.0. The molecule has 0 unspecified atom stereocenters. The minimum atomic E-state index is -5.31. The van der Waals surface area contributed by atoms with E-state index in [0.717, 1.165) is 28.8 Å². The molecule has 268 valence electrons. The minimum Gasteiger partial charge on any atom is -0.870 e. The molecule has 0 amide bonds. The zero-order valence-corrected chi connectivity index (χ0v) is 35.1. The number of fused-ring (bicyclic) bond motifs is 1. The second kappa shape index (κ2) is 17.5. The molecule has 0 saturated heterocycles. The molecular weight excluding hydrogens is 769 g/mol. The largest absolute Gasteiger partial charge is 1.00 e. The molecule has 0 spiro atoms. The van der Waals surface area contributed by atoms with Crippen molar-refractivity contribution in [2.75, 3.05) is 17.2 Å². The second-order valence-electron chi connectivity index (χ2n) is 11.5. The number of benzene rings is 6. The normalized spacial score (nSPS) is 12.0. The van der Waals surface area contributed by atoms with Crippen molar-refractivity contribution in [1.82, 2.24) is 0 Å². The molecule has 0 radical (unpaired) electrons. The fourth-order valence-electron chi connectivity index (χ4n) is 5.16. The van der Waals surface area contributed by atoms with Crippen LogP contribution in [0.3, 0.4) is 0 Å². The Morgan fingerprint density at radius 1 is 0.600 bits per heavy atom. The van der Waals surface area contributed by atoms with Crippen LogP contribution in [0, 0.1) is 6.92 Å². The summed E-state index contributed by atoms with van der Waals surface area (Å²) in [4.78, 5) is -1.95. The quantitative estimate of drug-likeness (QED) is 0.0715. The van der Waals surface area contributed by atoms with Crippen LogP contribution in [0.25, 0.3) is 21.9 Å². The predicted octanol–water partition coefficient (Wildman–Crippen LogP) is 2.04. The van der Waals surface area contributed by atoms with E-state index in [4.69, 9.17) is 17.2 Å². The van der Waals surface area contributed by atoms with Gasteiger partial charge in [-0.25, -0.2) is 8.42 Å². The summed E-state index contributed by atoms with van der Waals surface area (Å²) in [6.45, 7) is 1.84. The van der Waals surface area contributed by atoms with Crippen molar-refractivity contribution >= 4 is 82.2 Å². The van der Waals surface area contributed by atoms with Crippen molar-refractivity contribution < 1.29 is 90.2 Å². The number of azo groups is 3. The Morgan fingerprint density at radius 2 is 1.09 bits per heavy atom. The topological polar surface area (TPSA) is 287 Å². The Balaban J connectivity index is 0.00000336. The number of nitrogen functional groups attached to an aromatic ring is 3. The zero-order chi connectivity index (χ0) is 38.1. The zero-order valence-electron chi connectivity index (χ0n) is 29.4. The van der Waals surface area contributed by atoms with E-state index in [1.165, 1.54) is 12.1 Å². The van der Waals surface area contributed by atoms with E-state index < -0.39 is 58.2 Å². The van der Waals surface area contributed by atoms with Crippen LogP contribution >= 0.6 is 0 Å². The molecule has 0 saturated carbocycles. The number of anilines is 3. The molecule has 0 aliphatic heterocycles. The number of rotatable bonds is 9. The molecule has 55 heavy (non-hydrogen) atoms. The molecule has 6 aromatic rings. The SMILES string of the molecule is Cc1cc(N=Nc2ccc(-c3ccc(N=Nc4c(S(=O)(=O)[O-])cc5cc(S(=O)(=O)O)c(N=Nc6ccccc6)c([O-])c5c4N)cc3)cc2)c(N)cc1N.[Na+].[Na+]. The average molecular weight is 796 g/mol. The average Bonchev–Trinajstić information content (AvgIpc) is 3.11. The third-order valence-electron chi connectivity index (χ3n) is 7.89. The van der Waals surface area contributed by atoms with Gasteiger partial charge in [0.15, 0.2) is 0 Å². The van der Waals surface area contributed by atoms with Crippen molar-refractivity contribution in [2.45, 2.75) is 16.7 Å². The van der Waals surface area contributed by atoms with Gasteiger partial charge in [0.2, 0.25) is 0 Å². The molecule has 0 atom stereocenters. The first-order chi connectivity index (χ1) is 25.1. The van der Waals surface area contributed by atoms with Crippen LogP contribution in [0.1, 0.15) is 5.56 Å². The molecule has 0 heterocycles. The third kappa shape index (κ3) is 9.80. The van der Waals surface area contributed by atoms with Gasteiger partial charge in [-0.1, -0.05) is 48.2 Å². The second-order valence-corrected chi connectivity index (χ2v) is 14.3. The van der Waals surface area contributed by atoms with Crippen LogP contribution in [0.4, 0.5) is 51.2 Å². The van der Waals surface area contributed by atoms with Crippen molar-refractivity contribution in [3.63, 3.8) is 0 Å². The summed E-state index contributed by atoms with van der Waals surface area (Å²) >= 11 is 0. The maximum absolute atomic E-state index is 13.6. The first-order valence-electron chi connectivity index (χ1n) is 15.3. The molecular formula is C35H27N9Na2O7S2. The Labute approximate surface area is 359 Å². The molecule has 0 fully saturated rings. The molecule has 6 aromatic carbocycles. The van der Waals surface area contributed by atoms with Gasteiger partial charge in [0, 0.05) is 11.1 Å². The van der Waals surface area contributed by atoms with E-state index in [0.29, 0.717) is 22.7 Å². The maximum atomic E-state index is 13.6. The molecule has 0 bridgehead atoms. The summed E-state index contributed by atoms with van der Waals surface area (Å²) in [5, 5.41) is 36.9. The summed E-state index contributed by atoms with van der Waals surface area (Å²) in [6.07, 6.45) is 0. The van der Waals surface area contributed by atoms with E-state index >= 15 is 0 Å². The number of hydrogen-bond donors (Lipinski definition) is 4. The minimum absolute atomic E-state index is 0. The van der Waals surface area contributed by atoms with Gasteiger partial charge >= 0.3 is 59.1 Å². The van der Waals surface area contributed by atoms with Gasteiger partial charge in [0.25, 0.3) is 10.1 Å². The first kappa shape index (κ1) is 43.1. The van der Waals surface area contributed by atoms with Crippen LogP contribution in [0.2, 0.25) is 0 Å². The molecule has 16 nitrogen and oxygen atoms in total. The van der Waals surface area contributed by atoms with E-state index in [1.807, 2.05) is 19.1 Å². The molecule has 20 heteroatoms. The van der Waals surface area contributed by atoms with E-state index in [9.17, 15) is 31.0 Å². The summed E-state index contributed by atoms with van der Waals surface area (Å²) in [7, 11) is -10.4. The Morgan fingerprint density at radius 3 is 1.62 bits per heavy atom. The Bertz CT molecular complexity index is 2720. The number of hydrogen-bond acceptors (Lipinski definition) is 15. The fourth-order valence-corrected chi connectivity index (χ4v) is 6.47. The van der Waals surface area contributed by atoms with Gasteiger partial charge in [-0.05, 0) is 89.7 Å². The monoisotopic (exact) mass is 795 g/mol. The van der Waals surface area contributed by atoms with Gasteiger partial charge in [-0.2, -0.15) is 23.8 Å². The van der Waals surface area contributed by atoms with Gasteiger partial charge in [-0.3, -0.25) is 4.55 Å². The van der Waals surface area contributed by atoms with Crippen LogP contribution in [0.5, 0.6) is 5.75 Å². The van der Waals surface area contributed by atoms with Crippen LogP contribution < -0.4 is 81.4 Å². The standard InChI is InChI=1S/C35H29N9O7S2.2Na/c1-19-15-28(27(37)18-26(19)36)42-39-24-11-7-20(8-12-24)21-9-13-25(14-10-21)41-43-33-29(52(46,47)48)16-22-17-30(53(49,50)51)34(35(45)31(22)32(33)38)44-40-23-5-3-2-4-6-23;;/h2-18,45H,36-38H2,1H3,(H,46,47,48)(H,49,50,51);;/q;2*+1/p-2. The fraction of sp³-hybridized carbons (Fsp3) is 0.0286. The first-order valence-corrected chi connectivity index (χ1v) is 18.1. The Hall–Kier alpha value is -4.60. The van der Waals surface area contributed by atoms with Gasteiger partial charge in [0.1, 0.15) is 26.4 Å². The summed E-state index contributed by atoms with van der Waals surface area (Å²) in [6, 6.07) is 26.6. The maximum Gasteiger partial charge on any atom is 1.00 e. The molecule has 0 aliphatic rings. The van der Waals surface area contributed by atoms with Crippen molar-refractivity contribution in [3.8, 4) is 16.9 Å². The van der Waals surface area contributed by atoms with Crippen LogP contribution in [-0.4, -0.2) is 25.9 Å². The third-order valence-corrected chi connectivity index (χ3v) is 9.60. The van der Waals surface area contributed by atoms with Gasteiger partial charge < -0.3 is 26.9 Å². The summed E-state index contributed by atoms with van der Waals surface area (Å²) in [5.74, 6) is -1.13. The van der Waals surface area contributed by atoms with Gasteiger partial charge in [-0.15, -0.1) is 15.3 Å². The Kier molecular flexibility index (Phi) is 13.7. The number of nitrogens with two attached hydrogens (primary N) is 3. The van der Waals surface area contributed by atoms with Crippen molar-refractivity contribution in [1.29, 1.82) is 0 Å². The predicted molar refractivity (Wildman–Crippen MR) is 196 cm³/mol. The smallest absolute Gasteiger partial charge is 0.870 e. The molecule has 0 aliphatic carbocycles. The number of nitrogens with zero attached hydrogens (tertiary/aromatic N) is 6. The van der Waals surface area contributed by atoms with Gasteiger partial charge in [0.05, 0.1) is 39.0 Å². The van der Waals surface area contributed by atoms with Crippen LogP contribution in [0.15, 0.2) is 144 Å². The molecule has 7 N–H and O–H groups in total. The molecule has 0 aromatic heterocycles. The van der Waals surface area contributed by atoms with Crippen molar-refractivity contribution in [2.24, 2.45) is 30.7 Å². The van der Waals surface area contributed by atoms with Crippen molar-refractivity contribution in [3.05, 3.63) is 109 Å². The van der Waals surface area contributed by atoms with E-state index in [-0.39, 0.29) is 75.9 Å². The van der Waals surface area contributed by atoms with E-state index in [2.05, 4.69) is 30.7 Å². The summed E-state index contributed by atoms with van der Waals surface area (Å²) < 4.78 is 71.3. The molecule has 6 rings (SSSR count). The number of aryl methyl sites for hydroxylation is 1. The van der Waals surface area contributed by atoms with E-state index in [1.54, 1.807) is 66.7 Å². The van der Waals surface area contributed by atoms with Crippen LogP contribution in [-0.2, 0) is 20.2 Å².